The first-order chi connectivity index (χ1) is 9.15. The number of carbonyl (C=O) groups is 2. The van der Waals surface area contributed by atoms with E-state index in [1.54, 1.807) is 6.92 Å². The van der Waals surface area contributed by atoms with Crippen LogP contribution in [0, 0.1) is 11.8 Å². The predicted molar refractivity (Wildman–Crippen MR) is 89.3 cm³/mol. The minimum Gasteiger partial charge on any atom is -0.300 e. The third kappa shape index (κ3) is 7.09. The van der Waals surface area contributed by atoms with Gasteiger partial charge in [0.25, 0.3) is 0 Å². The number of hydrogen-bond acceptors (Lipinski definition) is 5. The summed E-state index contributed by atoms with van der Waals surface area (Å²) in [6.45, 7) is 1.67. The van der Waals surface area contributed by atoms with Gasteiger partial charge in [-0.05, 0) is 38.9 Å². The fraction of sp³-hybridized carbons (Fsp3) is 0.857. The van der Waals surface area contributed by atoms with Crippen molar-refractivity contribution in [3.05, 3.63) is 0 Å². The van der Waals surface area contributed by atoms with Crippen molar-refractivity contribution < 1.29 is 9.59 Å². The number of rotatable bonds is 8. The van der Waals surface area contributed by atoms with Crippen molar-refractivity contribution in [3.8, 4) is 0 Å². The molecule has 0 bridgehead atoms. The highest BCUT2D eigenvalue weighted by molar-refractivity contribution is 8.14. The molecule has 0 amide bonds. The van der Waals surface area contributed by atoms with Gasteiger partial charge in [0.05, 0.1) is 0 Å². The molecule has 0 aromatic rings. The highest BCUT2D eigenvalue weighted by Crippen LogP contribution is 2.32. The monoisotopic (exact) mass is 320 g/mol. The molecule has 1 fully saturated rings. The molecule has 0 aromatic carbocycles. The van der Waals surface area contributed by atoms with Crippen molar-refractivity contribution in [3.63, 3.8) is 0 Å². The maximum atomic E-state index is 12.0. The van der Waals surface area contributed by atoms with Crippen LogP contribution in [0.2, 0.25) is 0 Å². The van der Waals surface area contributed by atoms with Crippen LogP contribution >= 0.6 is 35.3 Å². The number of hydrogen-bond donors (Lipinski definition) is 0. The Morgan fingerprint density at radius 2 is 1.53 bits per heavy atom. The van der Waals surface area contributed by atoms with Gasteiger partial charge in [-0.1, -0.05) is 11.8 Å². The van der Waals surface area contributed by atoms with Crippen molar-refractivity contribution in [2.24, 2.45) is 11.8 Å². The first-order valence-corrected chi connectivity index (χ1v) is 10.4. The molecule has 0 radical (unpaired) electrons. The molecule has 1 aliphatic carbocycles. The third-order valence-electron chi connectivity index (χ3n) is 3.54. The molecule has 0 aromatic heterocycles. The summed E-state index contributed by atoms with van der Waals surface area (Å²) in [6, 6.07) is 0. The zero-order valence-corrected chi connectivity index (χ0v) is 14.3. The van der Waals surface area contributed by atoms with Crippen LogP contribution in [0.25, 0.3) is 0 Å². The van der Waals surface area contributed by atoms with E-state index < -0.39 is 0 Å². The predicted octanol–water partition coefficient (Wildman–Crippen LogP) is 3.74. The molecule has 19 heavy (non-hydrogen) atoms. The summed E-state index contributed by atoms with van der Waals surface area (Å²) in [4.78, 5) is 23.3. The fourth-order valence-electron chi connectivity index (χ4n) is 2.30. The zero-order chi connectivity index (χ0) is 14.1. The van der Waals surface area contributed by atoms with Gasteiger partial charge in [0.15, 0.2) is 5.12 Å². The average Bonchev–Trinajstić information content (AvgIpc) is 2.42. The Balaban J connectivity index is 2.09. The van der Waals surface area contributed by atoms with Gasteiger partial charge in [-0.25, -0.2) is 0 Å². The molecule has 2 nitrogen and oxygen atoms in total. The molecular weight excluding hydrogens is 296 g/mol. The van der Waals surface area contributed by atoms with Gasteiger partial charge in [-0.15, -0.1) is 0 Å². The number of thioether (sulfide) groups is 3. The summed E-state index contributed by atoms with van der Waals surface area (Å²) < 4.78 is 0. The van der Waals surface area contributed by atoms with Gasteiger partial charge >= 0.3 is 0 Å². The minimum absolute atomic E-state index is 0.205. The molecule has 0 heterocycles. The summed E-state index contributed by atoms with van der Waals surface area (Å²) in [6.07, 6.45) is 5.77. The van der Waals surface area contributed by atoms with Crippen molar-refractivity contribution in [2.75, 3.05) is 29.3 Å². The zero-order valence-electron chi connectivity index (χ0n) is 11.9. The third-order valence-corrected chi connectivity index (χ3v) is 6.68. The van der Waals surface area contributed by atoms with E-state index in [2.05, 4.69) is 6.26 Å². The second-order valence-corrected chi connectivity index (χ2v) is 8.24. The first kappa shape index (κ1) is 17.4. The van der Waals surface area contributed by atoms with Gasteiger partial charge in [0, 0.05) is 34.8 Å². The van der Waals surface area contributed by atoms with Gasteiger partial charge < -0.3 is 0 Å². The first-order valence-electron chi connectivity index (χ1n) is 6.89. The fourth-order valence-corrected chi connectivity index (χ4v) is 5.12. The molecule has 1 saturated carbocycles. The van der Waals surface area contributed by atoms with Crippen LogP contribution < -0.4 is 0 Å². The van der Waals surface area contributed by atoms with Gasteiger partial charge in [0.1, 0.15) is 5.78 Å². The molecule has 1 aliphatic rings. The van der Waals surface area contributed by atoms with E-state index in [0.29, 0.717) is 10.9 Å². The summed E-state index contributed by atoms with van der Waals surface area (Å²) in [5, 5.41) is 0.354. The Morgan fingerprint density at radius 3 is 2.11 bits per heavy atom. The molecule has 1 rings (SSSR count). The average molecular weight is 321 g/mol. The lowest BCUT2D eigenvalue weighted by Gasteiger charge is -2.25. The highest BCUT2D eigenvalue weighted by atomic mass is 32.2. The van der Waals surface area contributed by atoms with E-state index >= 15 is 0 Å². The molecule has 0 unspecified atom stereocenters. The molecule has 0 atom stereocenters. The van der Waals surface area contributed by atoms with E-state index in [-0.39, 0.29) is 11.8 Å². The molecule has 0 aliphatic heterocycles. The second kappa shape index (κ2) is 10.2. The number of ketones is 1. The SMILES string of the molecule is CSCCSCCSC(=O)C1CCC(C(C)=O)CC1. The Labute approximate surface area is 129 Å². The Hall–Kier alpha value is 0.390. The van der Waals surface area contributed by atoms with E-state index in [9.17, 15) is 9.59 Å². The molecule has 0 spiro atoms. The van der Waals surface area contributed by atoms with E-state index in [1.165, 1.54) is 23.3 Å². The minimum atomic E-state index is 0.205. The second-order valence-electron chi connectivity index (χ2n) is 4.93. The summed E-state index contributed by atoms with van der Waals surface area (Å²) >= 11 is 5.30. The lowest BCUT2D eigenvalue weighted by atomic mass is 9.81. The largest absolute Gasteiger partial charge is 0.300 e. The Kier molecular flexibility index (Phi) is 9.33. The van der Waals surface area contributed by atoms with Gasteiger partial charge in [-0.2, -0.15) is 23.5 Å². The van der Waals surface area contributed by atoms with Crippen molar-refractivity contribution >= 4 is 46.2 Å². The summed E-state index contributed by atoms with van der Waals surface area (Å²) in [5.74, 6) is 5.10. The summed E-state index contributed by atoms with van der Waals surface area (Å²) in [7, 11) is 0. The van der Waals surface area contributed by atoms with Crippen molar-refractivity contribution in [2.45, 2.75) is 32.6 Å². The Morgan fingerprint density at radius 1 is 0.947 bits per heavy atom. The topological polar surface area (TPSA) is 34.1 Å². The highest BCUT2D eigenvalue weighted by Gasteiger charge is 2.28. The number of carbonyl (C=O) groups excluding carboxylic acids is 2. The molecule has 0 saturated heterocycles. The van der Waals surface area contributed by atoms with Crippen LogP contribution in [-0.2, 0) is 9.59 Å². The molecule has 110 valence electrons. The molecule has 5 heteroatoms. The lowest BCUT2D eigenvalue weighted by molar-refractivity contribution is -0.123. The normalized spacial score (nSPS) is 23.3. The quantitative estimate of drug-likeness (QED) is 0.637. The maximum absolute atomic E-state index is 12.0. The van der Waals surface area contributed by atoms with Crippen LogP contribution in [-0.4, -0.2) is 40.2 Å². The van der Waals surface area contributed by atoms with Crippen molar-refractivity contribution in [1.29, 1.82) is 0 Å². The van der Waals surface area contributed by atoms with Crippen LogP contribution in [0.4, 0.5) is 0 Å². The molecular formula is C14H24O2S3. The van der Waals surface area contributed by atoms with E-state index in [4.69, 9.17) is 0 Å². The van der Waals surface area contributed by atoms with Crippen LogP contribution in [0.15, 0.2) is 0 Å². The van der Waals surface area contributed by atoms with E-state index in [1.807, 2.05) is 23.5 Å². The number of Topliss-reactive ketones (excluding diaryl/α,β-unsaturated/α-hetero) is 1. The van der Waals surface area contributed by atoms with Crippen LogP contribution in [0.5, 0.6) is 0 Å². The smallest absolute Gasteiger partial charge is 0.192 e. The summed E-state index contributed by atoms with van der Waals surface area (Å²) in [5.41, 5.74) is 0. The van der Waals surface area contributed by atoms with Crippen molar-refractivity contribution in [1.82, 2.24) is 0 Å². The standard InChI is InChI=1S/C14H24O2S3/c1-11(15)12-3-5-13(6-4-12)14(16)19-10-9-18-8-7-17-2/h12-13H,3-10H2,1-2H3. The van der Waals surface area contributed by atoms with Gasteiger partial charge in [0.2, 0.25) is 0 Å². The molecule has 0 N–H and O–H groups in total. The van der Waals surface area contributed by atoms with E-state index in [0.717, 1.165) is 37.2 Å². The van der Waals surface area contributed by atoms with Gasteiger partial charge in [-0.3, -0.25) is 9.59 Å². The Bertz CT molecular complexity index is 286. The van der Waals surface area contributed by atoms with Crippen LogP contribution in [0.3, 0.4) is 0 Å². The maximum Gasteiger partial charge on any atom is 0.192 e. The van der Waals surface area contributed by atoms with Crippen LogP contribution in [0.1, 0.15) is 32.6 Å². The lowest BCUT2D eigenvalue weighted by Crippen LogP contribution is -2.23.